The van der Waals surface area contributed by atoms with Gasteiger partial charge in [-0.1, -0.05) is 63.2 Å². The summed E-state index contributed by atoms with van der Waals surface area (Å²) in [6.07, 6.45) is 4.32. The maximum atomic E-state index is 13.3. The number of anilines is 1. The standard InChI is InChI=1S/C39H46N6O5/c1-23(2)24(3)37(47)44-18-6-8-33(44)35-40-22-32(43-35)27-12-10-26(11-13-27)28-14-15-30-21-31(17-16-29(30)20-28)42-36(46)34-9-7-19-45(34)38(48)25(4)41-39(49)50-5/h10-17,20-25,33-34H,6-9,18-19H2,1-5H3,(H,40,43)(H,41,49)(H,42,46)/t24-,25+,33?,34?/m1/s1. The molecule has 0 saturated carbocycles. The number of amides is 4. The number of carbonyl (C=O) groups excluding carboxylic acids is 4. The van der Waals surface area contributed by atoms with Crippen molar-refractivity contribution in [2.24, 2.45) is 11.8 Å². The highest BCUT2D eigenvalue weighted by Gasteiger charge is 2.37. The van der Waals surface area contributed by atoms with Gasteiger partial charge in [-0.15, -0.1) is 0 Å². The second kappa shape index (κ2) is 14.7. The van der Waals surface area contributed by atoms with Crippen molar-refractivity contribution in [3.8, 4) is 22.4 Å². The number of alkyl carbamates (subject to hydrolysis) is 1. The summed E-state index contributed by atoms with van der Waals surface area (Å²) in [5.74, 6) is 0.749. The van der Waals surface area contributed by atoms with E-state index in [2.05, 4.69) is 70.6 Å². The maximum absolute atomic E-state index is 13.3. The normalized spacial score (nSPS) is 18.7. The minimum Gasteiger partial charge on any atom is -0.453 e. The molecule has 2 aliphatic rings. The highest BCUT2D eigenvalue weighted by Crippen LogP contribution is 2.34. The highest BCUT2D eigenvalue weighted by molar-refractivity contribution is 6.00. The fourth-order valence-electron chi connectivity index (χ4n) is 6.93. The highest BCUT2D eigenvalue weighted by atomic mass is 16.5. The molecular formula is C39H46N6O5. The van der Waals surface area contributed by atoms with Gasteiger partial charge >= 0.3 is 6.09 Å². The van der Waals surface area contributed by atoms with Crippen LogP contribution in [0.3, 0.4) is 0 Å². The first kappa shape index (κ1) is 34.7. The van der Waals surface area contributed by atoms with Gasteiger partial charge in [0.1, 0.15) is 17.9 Å². The van der Waals surface area contributed by atoms with Gasteiger partial charge in [-0.2, -0.15) is 0 Å². The number of ether oxygens (including phenoxy) is 1. The summed E-state index contributed by atoms with van der Waals surface area (Å²) < 4.78 is 4.60. The van der Waals surface area contributed by atoms with E-state index < -0.39 is 18.2 Å². The summed E-state index contributed by atoms with van der Waals surface area (Å²) in [7, 11) is 1.24. The molecule has 2 fully saturated rings. The molecular weight excluding hydrogens is 632 g/mol. The Labute approximate surface area is 292 Å². The number of benzene rings is 3. The zero-order valence-corrected chi connectivity index (χ0v) is 29.4. The lowest BCUT2D eigenvalue weighted by Crippen LogP contribution is -2.51. The van der Waals surface area contributed by atoms with Gasteiger partial charge in [-0.05, 0) is 84.2 Å². The number of nitrogens with one attached hydrogen (secondary N) is 3. The predicted octanol–water partition coefficient (Wildman–Crippen LogP) is 6.53. The van der Waals surface area contributed by atoms with Crippen LogP contribution in [0.25, 0.3) is 33.2 Å². The summed E-state index contributed by atoms with van der Waals surface area (Å²) in [5, 5.41) is 7.48. The number of likely N-dealkylation sites (tertiary alicyclic amines) is 2. The van der Waals surface area contributed by atoms with E-state index >= 15 is 0 Å². The zero-order valence-electron chi connectivity index (χ0n) is 29.4. The van der Waals surface area contributed by atoms with E-state index in [0.717, 1.165) is 58.4 Å². The van der Waals surface area contributed by atoms with Gasteiger partial charge in [-0.3, -0.25) is 14.4 Å². The molecule has 3 aromatic carbocycles. The van der Waals surface area contributed by atoms with Crippen molar-refractivity contribution in [3.63, 3.8) is 0 Å². The van der Waals surface area contributed by atoms with Crippen LogP contribution in [0.15, 0.2) is 66.9 Å². The Morgan fingerprint density at radius 2 is 1.48 bits per heavy atom. The molecule has 0 bridgehead atoms. The molecule has 0 aliphatic carbocycles. The molecule has 6 rings (SSSR count). The van der Waals surface area contributed by atoms with E-state index in [-0.39, 0.29) is 29.7 Å². The molecule has 11 heteroatoms. The maximum Gasteiger partial charge on any atom is 0.407 e. The topological polar surface area (TPSA) is 137 Å². The Hall–Kier alpha value is -5.19. The van der Waals surface area contributed by atoms with Gasteiger partial charge in [0, 0.05) is 24.7 Å². The number of aromatic nitrogens is 2. The average Bonchev–Trinajstić information content (AvgIpc) is 3.92. The van der Waals surface area contributed by atoms with Crippen molar-refractivity contribution < 1.29 is 23.9 Å². The molecule has 50 heavy (non-hydrogen) atoms. The second-order valence-electron chi connectivity index (χ2n) is 13.8. The average molecular weight is 679 g/mol. The summed E-state index contributed by atoms with van der Waals surface area (Å²) in [6, 6.07) is 18.9. The first-order chi connectivity index (χ1) is 24.0. The molecule has 0 spiro atoms. The Kier molecular flexibility index (Phi) is 10.2. The van der Waals surface area contributed by atoms with Gasteiger partial charge in [0.15, 0.2) is 0 Å². The Bertz CT molecular complexity index is 1890. The molecule has 3 heterocycles. The number of fused-ring (bicyclic) bond motifs is 1. The molecule has 0 radical (unpaired) electrons. The van der Waals surface area contributed by atoms with Crippen molar-refractivity contribution in [2.45, 2.75) is 71.5 Å². The number of H-pyrrole nitrogens is 1. The third-order valence-electron chi connectivity index (χ3n) is 10.2. The fourth-order valence-corrected chi connectivity index (χ4v) is 6.93. The molecule has 2 aliphatic heterocycles. The quantitative estimate of drug-likeness (QED) is 0.184. The van der Waals surface area contributed by atoms with E-state index in [9.17, 15) is 19.2 Å². The van der Waals surface area contributed by atoms with Crippen LogP contribution in [-0.4, -0.2) is 75.9 Å². The number of methoxy groups -OCH3 is 1. The Morgan fingerprint density at radius 1 is 0.820 bits per heavy atom. The van der Waals surface area contributed by atoms with Gasteiger partial charge in [0.25, 0.3) is 0 Å². The lowest BCUT2D eigenvalue weighted by atomic mass is 9.96. The van der Waals surface area contributed by atoms with Gasteiger partial charge in [0.2, 0.25) is 17.7 Å². The van der Waals surface area contributed by atoms with Gasteiger partial charge in [-0.25, -0.2) is 9.78 Å². The van der Waals surface area contributed by atoms with Crippen LogP contribution in [0.4, 0.5) is 10.5 Å². The van der Waals surface area contributed by atoms with E-state index in [1.807, 2.05) is 42.3 Å². The number of rotatable bonds is 9. The van der Waals surface area contributed by atoms with Crippen molar-refractivity contribution in [1.29, 1.82) is 0 Å². The van der Waals surface area contributed by atoms with Crippen LogP contribution < -0.4 is 10.6 Å². The number of imidazole rings is 1. The van der Waals surface area contributed by atoms with E-state index in [1.165, 1.54) is 12.0 Å². The van der Waals surface area contributed by atoms with Crippen LogP contribution in [0.5, 0.6) is 0 Å². The lowest BCUT2D eigenvalue weighted by molar-refractivity contribution is -0.138. The summed E-state index contributed by atoms with van der Waals surface area (Å²) >= 11 is 0. The summed E-state index contributed by atoms with van der Waals surface area (Å²) in [4.78, 5) is 62.6. The number of hydrogen-bond donors (Lipinski definition) is 3. The second-order valence-corrected chi connectivity index (χ2v) is 13.8. The number of aromatic amines is 1. The Morgan fingerprint density at radius 3 is 2.22 bits per heavy atom. The number of nitrogens with zero attached hydrogens (tertiary/aromatic N) is 3. The van der Waals surface area contributed by atoms with E-state index in [1.54, 1.807) is 6.92 Å². The van der Waals surface area contributed by atoms with Crippen LogP contribution in [0, 0.1) is 11.8 Å². The van der Waals surface area contributed by atoms with Gasteiger partial charge in [0.05, 0.1) is 25.0 Å². The van der Waals surface area contributed by atoms with Crippen molar-refractivity contribution in [3.05, 3.63) is 72.7 Å². The molecule has 4 aromatic rings. The fraction of sp³-hybridized carbons (Fsp3) is 0.410. The lowest BCUT2D eigenvalue weighted by Gasteiger charge is -2.27. The predicted molar refractivity (Wildman–Crippen MR) is 193 cm³/mol. The van der Waals surface area contributed by atoms with Crippen molar-refractivity contribution in [1.82, 2.24) is 25.1 Å². The molecule has 3 N–H and O–H groups in total. The monoisotopic (exact) mass is 678 g/mol. The first-order valence-corrected chi connectivity index (χ1v) is 17.5. The van der Waals surface area contributed by atoms with Crippen molar-refractivity contribution >= 4 is 40.3 Å². The molecule has 4 atom stereocenters. The molecule has 2 unspecified atom stereocenters. The number of carbonyl (C=O) groups is 4. The molecule has 262 valence electrons. The smallest absolute Gasteiger partial charge is 0.407 e. The third-order valence-corrected chi connectivity index (χ3v) is 10.2. The van der Waals surface area contributed by atoms with Crippen LogP contribution in [0.1, 0.15) is 65.2 Å². The molecule has 11 nitrogen and oxygen atoms in total. The minimum atomic E-state index is -0.801. The first-order valence-electron chi connectivity index (χ1n) is 17.5. The summed E-state index contributed by atoms with van der Waals surface area (Å²) in [6.45, 7) is 9.00. The van der Waals surface area contributed by atoms with Crippen molar-refractivity contribution in [2.75, 3.05) is 25.5 Å². The van der Waals surface area contributed by atoms with E-state index in [4.69, 9.17) is 4.98 Å². The largest absolute Gasteiger partial charge is 0.453 e. The summed E-state index contributed by atoms with van der Waals surface area (Å²) in [5.41, 5.74) is 4.74. The zero-order chi connectivity index (χ0) is 35.5. The molecule has 2 saturated heterocycles. The van der Waals surface area contributed by atoms with Gasteiger partial charge < -0.3 is 30.2 Å². The number of hydrogen-bond acceptors (Lipinski definition) is 6. The molecule has 1 aromatic heterocycles. The third kappa shape index (κ3) is 7.22. The molecule has 4 amide bonds. The van der Waals surface area contributed by atoms with Crippen LogP contribution >= 0.6 is 0 Å². The minimum absolute atomic E-state index is 0.0175. The Balaban J connectivity index is 1.10. The van der Waals surface area contributed by atoms with Crippen LogP contribution in [0.2, 0.25) is 0 Å². The van der Waals surface area contributed by atoms with Crippen LogP contribution in [-0.2, 0) is 19.1 Å². The SMILES string of the molecule is COC(=O)N[C@@H](C)C(=O)N1CCCC1C(=O)Nc1ccc2cc(-c3ccc(-c4cnc(C5CCCN5C(=O)[C@H](C)C(C)C)[nH]4)cc3)ccc2c1. The van der Waals surface area contributed by atoms with E-state index in [0.29, 0.717) is 31.0 Å².